The summed E-state index contributed by atoms with van der Waals surface area (Å²) in [6, 6.07) is 2.62. The summed E-state index contributed by atoms with van der Waals surface area (Å²) in [5.41, 5.74) is -0.623. The van der Waals surface area contributed by atoms with Gasteiger partial charge in [-0.25, -0.2) is 9.18 Å². The Labute approximate surface area is 104 Å². The van der Waals surface area contributed by atoms with Crippen molar-refractivity contribution in [2.45, 2.75) is 19.9 Å². The van der Waals surface area contributed by atoms with E-state index in [9.17, 15) is 17.6 Å². The van der Waals surface area contributed by atoms with Gasteiger partial charge in [-0.1, -0.05) is 0 Å². The monoisotopic (exact) mass is 276 g/mol. The fourth-order valence-electron chi connectivity index (χ4n) is 1.25. The first-order chi connectivity index (χ1) is 8.21. The number of aromatic carboxylic acids is 1. The van der Waals surface area contributed by atoms with Crippen molar-refractivity contribution in [1.82, 2.24) is 4.72 Å². The molecule has 1 aromatic carbocycles. The van der Waals surface area contributed by atoms with Crippen molar-refractivity contribution >= 4 is 21.9 Å². The quantitative estimate of drug-likeness (QED) is 0.752. The zero-order valence-corrected chi connectivity index (χ0v) is 10.6. The molecule has 0 atom stereocenters. The minimum absolute atomic E-state index is 0.0260. The van der Waals surface area contributed by atoms with E-state index in [-0.39, 0.29) is 11.7 Å². The number of carbonyl (C=O) groups is 1. The number of hydrogen-bond acceptors (Lipinski definition) is 3. The Morgan fingerprint density at radius 2 is 2.00 bits per heavy atom. The molecule has 0 unspecified atom stereocenters. The Morgan fingerprint density at radius 1 is 1.39 bits per heavy atom. The van der Waals surface area contributed by atoms with Crippen LogP contribution in [0.5, 0.6) is 0 Å². The van der Waals surface area contributed by atoms with Crippen LogP contribution in [0.25, 0.3) is 0 Å². The Kier molecular flexibility index (Phi) is 4.25. The highest BCUT2D eigenvalue weighted by Gasteiger charge is 2.15. The molecule has 0 aliphatic carbocycles. The molecule has 0 aliphatic rings. The molecule has 0 saturated carbocycles. The summed E-state index contributed by atoms with van der Waals surface area (Å²) >= 11 is 0. The number of rotatable bonds is 5. The molecular weight excluding hydrogens is 263 g/mol. The fraction of sp³-hybridized carbons (Fsp3) is 0.300. The topological polar surface area (TPSA) is 95.5 Å². The highest BCUT2D eigenvalue weighted by Crippen LogP contribution is 2.15. The summed E-state index contributed by atoms with van der Waals surface area (Å²) in [5, 5.41) is 8.70. The van der Waals surface area contributed by atoms with Gasteiger partial charge in [0.25, 0.3) is 10.2 Å². The number of nitrogens with one attached hydrogen (secondary N) is 2. The fourth-order valence-corrected chi connectivity index (χ4v) is 2.36. The number of benzene rings is 1. The predicted octanol–water partition coefficient (Wildman–Crippen LogP) is 1.18. The molecule has 0 aromatic heterocycles. The first-order valence-electron chi connectivity index (χ1n) is 5.04. The lowest BCUT2D eigenvalue weighted by Gasteiger charge is -2.12. The molecule has 100 valence electrons. The van der Waals surface area contributed by atoms with Crippen LogP contribution >= 0.6 is 0 Å². The van der Waals surface area contributed by atoms with Gasteiger partial charge in [0.15, 0.2) is 0 Å². The third-order valence-corrected chi connectivity index (χ3v) is 3.13. The second-order valence-electron chi connectivity index (χ2n) is 3.88. The van der Waals surface area contributed by atoms with Gasteiger partial charge in [-0.2, -0.15) is 13.1 Å². The van der Waals surface area contributed by atoms with Crippen LogP contribution in [0.3, 0.4) is 0 Å². The van der Waals surface area contributed by atoms with Crippen molar-refractivity contribution in [3.63, 3.8) is 0 Å². The van der Waals surface area contributed by atoms with E-state index in [1.165, 1.54) is 0 Å². The molecule has 1 aromatic rings. The third kappa shape index (κ3) is 3.97. The maximum Gasteiger partial charge on any atom is 0.338 e. The van der Waals surface area contributed by atoms with Crippen LogP contribution in [-0.2, 0) is 10.2 Å². The Balaban J connectivity index is 2.99. The zero-order valence-electron chi connectivity index (χ0n) is 9.77. The average Bonchev–Trinajstić information content (AvgIpc) is 2.18. The van der Waals surface area contributed by atoms with Crippen molar-refractivity contribution in [1.29, 1.82) is 0 Å². The van der Waals surface area contributed by atoms with Crippen molar-refractivity contribution < 1.29 is 22.7 Å². The van der Waals surface area contributed by atoms with Gasteiger partial charge in [0.1, 0.15) is 5.82 Å². The summed E-state index contributed by atoms with van der Waals surface area (Å²) in [4.78, 5) is 10.7. The van der Waals surface area contributed by atoms with Crippen molar-refractivity contribution in [2.24, 2.45) is 0 Å². The lowest BCUT2D eigenvalue weighted by atomic mass is 10.2. The summed E-state index contributed by atoms with van der Waals surface area (Å²) in [6.45, 7) is 3.26. The van der Waals surface area contributed by atoms with E-state index in [1.807, 2.05) is 0 Å². The third-order valence-electron chi connectivity index (χ3n) is 1.84. The van der Waals surface area contributed by atoms with Crippen LogP contribution in [0.2, 0.25) is 0 Å². The maximum absolute atomic E-state index is 13.1. The van der Waals surface area contributed by atoms with Crippen LogP contribution < -0.4 is 9.44 Å². The lowest BCUT2D eigenvalue weighted by Crippen LogP contribution is -2.35. The van der Waals surface area contributed by atoms with E-state index in [1.54, 1.807) is 13.8 Å². The van der Waals surface area contributed by atoms with Gasteiger partial charge in [0.2, 0.25) is 0 Å². The van der Waals surface area contributed by atoms with Crippen LogP contribution in [0.4, 0.5) is 10.1 Å². The van der Waals surface area contributed by atoms with Crippen molar-refractivity contribution in [3.8, 4) is 0 Å². The van der Waals surface area contributed by atoms with Crippen LogP contribution in [-0.4, -0.2) is 25.5 Å². The molecule has 0 bridgehead atoms. The molecule has 0 amide bonds. The summed E-state index contributed by atoms with van der Waals surface area (Å²) in [5.74, 6) is -2.40. The normalized spacial score (nSPS) is 11.6. The molecule has 0 fully saturated rings. The van der Waals surface area contributed by atoms with Crippen molar-refractivity contribution in [3.05, 3.63) is 29.6 Å². The number of halogens is 1. The van der Waals surface area contributed by atoms with Crippen LogP contribution in [0, 0.1) is 5.82 Å². The van der Waals surface area contributed by atoms with Gasteiger partial charge in [0, 0.05) is 6.04 Å². The summed E-state index contributed by atoms with van der Waals surface area (Å²) in [7, 11) is -3.80. The molecule has 0 spiro atoms. The second kappa shape index (κ2) is 5.32. The molecule has 0 heterocycles. The molecule has 8 heteroatoms. The van der Waals surface area contributed by atoms with Crippen molar-refractivity contribution in [2.75, 3.05) is 4.72 Å². The largest absolute Gasteiger partial charge is 0.478 e. The summed E-state index contributed by atoms with van der Waals surface area (Å²) in [6.07, 6.45) is 0. The van der Waals surface area contributed by atoms with E-state index in [2.05, 4.69) is 9.44 Å². The van der Waals surface area contributed by atoms with E-state index in [4.69, 9.17) is 5.11 Å². The minimum atomic E-state index is -3.80. The molecule has 0 aliphatic heterocycles. The van der Waals surface area contributed by atoms with Gasteiger partial charge < -0.3 is 5.11 Å². The highest BCUT2D eigenvalue weighted by atomic mass is 32.2. The van der Waals surface area contributed by atoms with E-state index in [0.717, 1.165) is 18.2 Å². The van der Waals surface area contributed by atoms with Gasteiger partial charge in [-0.3, -0.25) is 4.72 Å². The predicted molar refractivity (Wildman–Crippen MR) is 64.2 cm³/mol. The van der Waals surface area contributed by atoms with Crippen LogP contribution in [0.1, 0.15) is 24.2 Å². The molecule has 18 heavy (non-hydrogen) atoms. The van der Waals surface area contributed by atoms with E-state index in [0.29, 0.717) is 0 Å². The van der Waals surface area contributed by atoms with Gasteiger partial charge in [-0.05, 0) is 32.0 Å². The molecule has 0 radical (unpaired) electrons. The highest BCUT2D eigenvalue weighted by molar-refractivity contribution is 7.90. The Morgan fingerprint density at radius 3 is 2.50 bits per heavy atom. The number of carboxylic acids is 1. The average molecular weight is 276 g/mol. The van der Waals surface area contributed by atoms with E-state index >= 15 is 0 Å². The van der Waals surface area contributed by atoms with Gasteiger partial charge in [-0.15, -0.1) is 0 Å². The first-order valence-corrected chi connectivity index (χ1v) is 6.52. The van der Waals surface area contributed by atoms with Gasteiger partial charge in [0.05, 0.1) is 11.3 Å². The molecule has 0 saturated heterocycles. The summed E-state index contributed by atoms with van der Waals surface area (Å²) < 4.78 is 40.5. The first kappa shape index (κ1) is 14.4. The minimum Gasteiger partial charge on any atom is -0.478 e. The molecular formula is C10H13FN2O4S. The van der Waals surface area contributed by atoms with Crippen LogP contribution in [0.15, 0.2) is 18.2 Å². The van der Waals surface area contributed by atoms with Gasteiger partial charge >= 0.3 is 5.97 Å². The second-order valence-corrected chi connectivity index (χ2v) is 5.32. The standard InChI is InChI=1S/C10H13FN2O4S/c1-6(2)12-18(16,17)13-7-3-4-9(11)8(5-7)10(14)15/h3-6,12-13H,1-2H3,(H,14,15). The zero-order chi connectivity index (χ0) is 13.9. The molecule has 1 rings (SSSR count). The Hall–Kier alpha value is -1.67. The SMILES string of the molecule is CC(C)NS(=O)(=O)Nc1ccc(F)c(C(=O)O)c1. The number of anilines is 1. The molecule has 6 nitrogen and oxygen atoms in total. The van der Waals surface area contributed by atoms with E-state index < -0.39 is 27.6 Å². The smallest absolute Gasteiger partial charge is 0.338 e. The molecule has 3 N–H and O–H groups in total. The number of hydrogen-bond donors (Lipinski definition) is 3. The number of carboxylic acid groups (broad SMARTS) is 1. The maximum atomic E-state index is 13.1. The Bertz CT molecular complexity index is 557. The lowest BCUT2D eigenvalue weighted by molar-refractivity contribution is 0.0692.